The van der Waals surface area contributed by atoms with Crippen molar-refractivity contribution in [3.05, 3.63) is 29.3 Å². The van der Waals surface area contributed by atoms with Crippen LogP contribution >= 0.6 is 0 Å². The molecule has 5 heteroatoms. The Bertz CT molecular complexity index is 484. The highest BCUT2D eigenvalue weighted by Gasteiger charge is 2.11. The van der Waals surface area contributed by atoms with E-state index in [4.69, 9.17) is 0 Å². The number of benzene rings is 1. The number of nitrogens with one attached hydrogen (secondary N) is 2. The third-order valence-electron chi connectivity index (χ3n) is 2.74. The molecule has 0 heterocycles. The Labute approximate surface area is 110 Å². The molecular formula is C13H22N2O2S. The maximum Gasteiger partial charge on any atom is 0.232 e. The smallest absolute Gasteiger partial charge is 0.232 e. The van der Waals surface area contributed by atoms with Gasteiger partial charge in [0.25, 0.3) is 0 Å². The predicted molar refractivity (Wildman–Crippen MR) is 76.5 cm³/mol. The van der Waals surface area contributed by atoms with E-state index in [0.717, 1.165) is 24.1 Å². The molecule has 0 fully saturated rings. The second-order valence-corrected chi connectivity index (χ2v) is 6.39. The molecule has 4 nitrogen and oxygen atoms in total. The van der Waals surface area contributed by atoms with E-state index >= 15 is 0 Å². The Morgan fingerprint density at radius 2 is 1.89 bits per heavy atom. The summed E-state index contributed by atoms with van der Waals surface area (Å²) in [4.78, 5) is 0. The third-order valence-corrected chi connectivity index (χ3v) is 4.09. The molecular weight excluding hydrogens is 248 g/mol. The minimum atomic E-state index is -3.23. The highest BCUT2D eigenvalue weighted by atomic mass is 32.2. The molecule has 0 saturated heterocycles. The third kappa shape index (κ3) is 5.06. The molecule has 2 N–H and O–H groups in total. The van der Waals surface area contributed by atoms with Crippen molar-refractivity contribution in [2.24, 2.45) is 0 Å². The Balaban J connectivity index is 2.59. The van der Waals surface area contributed by atoms with Crippen LogP contribution in [-0.2, 0) is 10.0 Å². The standard InChI is InChI=1S/C13H22N2O2S/c1-11-6-7-13(12(2)10-11)15-18(16,17)9-5-4-8-14-3/h6-7,10,14-15H,4-5,8-9H2,1-3H3. The van der Waals surface area contributed by atoms with Crippen molar-refractivity contribution in [2.45, 2.75) is 26.7 Å². The van der Waals surface area contributed by atoms with E-state index in [2.05, 4.69) is 10.0 Å². The zero-order chi connectivity index (χ0) is 13.6. The average Bonchev–Trinajstić information content (AvgIpc) is 2.28. The lowest BCUT2D eigenvalue weighted by Gasteiger charge is -2.11. The summed E-state index contributed by atoms with van der Waals surface area (Å²) in [6, 6.07) is 5.69. The molecule has 18 heavy (non-hydrogen) atoms. The second kappa shape index (κ2) is 6.75. The van der Waals surface area contributed by atoms with E-state index in [1.807, 2.05) is 39.1 Å². The largest absolute Gasteiger partial charge is 0.320 e. The molecule has 0 bridgehead atoms. The molecule has 0 aliphatic carbocycles. The molecule has 0 spiro atoms. The van der Waals surface area contributed by atoms with Gasteiger partial charge in [0.1, 0.15) is 0 Å². The van der Waals surface area contributed by atoms with Crippen molar-refractivity contribution in [2.75, 3.05) is 24.1 Å². The predicted octanol–water partition coefficient (Wildman–Crippen LogP) is 2.04. The normalized spacial score (nSPS) is 11.5. The number of hydrogen-bond donors (Lipinski definition) is 2. The zero-order valence-electron chi connectivity index (χ0n) is 11.3. The van der Waals surface area contributed by atoms with Crippen molar-refractivity contribution in [1.29, 1.82) is 0 Å². The lowest BCUT2D eigenvalue weighted by atomic mass is 10.1. The van der Waals surface area contributed by atoms with Crippen molar-refractivity contribution >= 4 is 15.7 Å². The Kier molecular flexibility index (Phi) is 5.62. The van der Waals surface area contributed by atoms with E-state index in [9.17, 15) is 8.42 Å². The fraction of sp³-hybridized carbons (Fsp3) is 0.538. The highest BCUT2D eigenvalue weighted by molar-refractivity contribution is 7.92. The topological polar surface area (TPSA) is 58.2 Å². The van der Waals surface area contributed by atoms with Gasteiger partial charge in [-0.2, -0.15) is 0 Å². The molecule has 1 rings (SSSR count). The van der Waals surface area contributed by atoms with Crippen molar-refractivity contribution < 1.29 is 8.42 Å². The number of unbranched alkanes of at least 4 members (excludes halogenated alkanes) is 1. The minimum Gasteiger partial charge on any atom is -0.320 e. The van der Waals surface area contributed by atoms with Crippen LogP contribution in [0.3, 0.4) is 0 Å². The van der Waals surface area contributed by atoms with Gasteiger partial charge in [-0.15, -0.1) is 0 Å². The van der Waals surface area contributed by atoms with Gasteiger partial charge in [0.05, 0.1) is 11.4 Å². The van der Waals surface area contributed by atoms with Crippen LogP contribution in [-0.4, -0.2) is 27.8 Å². The summed E-state index contributed by atoms with van der Waals surface area (Å²) >= 11 is 0. The first-order valence-electron chi connectivity index (χ1n) is 6.17. The van der Waals surface area contributed by atoms with Gasteiger partial charge in [-0.25, -0.2) is 8.42 Å². The molecule has 1 aromatic rings. The molecule has 0 radical (unpaired) electrons. The number of anilines is 1. The summed E-state index contributed by atoms with van der Waals surface area (Å²) in [5.74, 6) is 0.169. The van der Waals surface area contributed by atoms with Crippen LogP contribution in [0.1, 0.15) is 24.0 Å². The summed E-state index contributed by atoms with van der Waals surface area (Å²) in [6.45, 7) is 4.74. The molecule has 102 valence electrons. The highest BCUT2D eigenvalue weighted by Crippen LogP contribution is 2.17. The first-order valence-corrected chi connectivity index (χ1v) is 7.82. The van der Waals surface area contributed by atoms with Gasteiger partial charge in [0.15, 0.2) is 0 Å². The molecule has 0 aliphatic rings. The Morgan fingerprint density at radius 1 is 1.17 bits per heavy atom. The molecule has 0 unspecified atom stereocenters. The summed E-state index contributed by atoms with van der Waals surface area (Å²) in [7, 11) is -1.36. The van der Waals surface area contributed by atoms with E-state index in [-0.39, 0.29) is 5.75 Å². The maximum atomic E-state index is 11.9. The van der Waals surface area contributed by atoms with Crippen molar-refractivity contribution in [3.8, 4) is 0 Å². The van der Waals surface area contributed by atoms with Crippen LogP contribution in [0.15, 0.2) is 18.2 Å². The number of rotatable bonds is 7. The van der Waals surface area contributed by atoms with Gasteiger partial charge in [-0.05, 0) is 51.9 Å². The molecule has 0 aromatic heterocycles. The van der Waals surface area contributed by atoms with E-state index in [0.29, 0.717) is 12.1 Å². The molecule has 0 atom stereocenters. The quantitative estimate of drug-likeness (QED) is 0.746. The number of aryl methyl sites for hydroxylation is 2. The summed E-state index contributed by atoms with van der Waals surface area (Å²) in [5, 5.41) is 3.00. The van der Waals surface area contributed by atoms with E-state index in [1.54, 1.807) is 0 Å². The van der Waals surface area contributed by atoms with E-state index < -0.39 is 10.0 Å². The average molecular weight is 270 g/mol. The molecule has 0 saturated carbocycles. The lowest BCUT2D eigenvalue weighted by Crippen LogP contribution is -2.18. The number of sulfonamides is 1. The van der Waals surface area contributed by atoms with Crippen LogP contribution in [0.4, 0.5) is 5.69 Å². The van der Waals surface area contributed by atoms with Crippen LogP contribution in [0.25, 0.3) is 0 Å². The Hall–Kier alpha value is -1.07. The molecule has 1 aromatic carbocycles. The van der Waals surface area contributed by atoms with E-state index in [1.165, 1.54) is 0 Å². The van der Waals surface area contributed by atoms with Crippen molar-refractivity contribution in [1.82, 2.24) is 5.32 Å². The number of hydrogen-bond acceptors (Lipinski definition) is 3. The maximum absolute atomic E-state index is 11.9. The lowest BCUT2D eigenvalue weighted by molar-refractivity contribution is 0.595. The van der Waals surface area contributed by atoms with Gasteiger partial charge < -0.3 is 5.32 Å². The minimum absolute atomic E-state index is 0.169. The van der Waals surface area contributed by atoms with Gasteiger partial charge in [-0.1, -0.05) is 17.7 Å². The SMILES string of the molecule is CNCCCCS(=O)(=O)Nc1ccc(C)cc1C. The molecule has 0 aliphatic heterocycles. The first kappa shape index (κ1) is 15.0. The van der Waals surface area contributed by atoms with Crippen LogP contribution in [0.5, 0.6) is 0 Å². The Morgan fingerprint density at radius 3 is 2.50 bits per heavy atom. The second-order valence-electron chi connectivity index (χ2n) is 4.55. The summed E-state index contributed by atoms with van der Waals surface area (Å²) < 4.78 is 26.4. The van der Waals surface area contributed by atoms with Gasteiger partial charge >= 0.3 is 0 Å². The van der Waals surface area contributed by atoms with Crippen LogP contribution in [0.2, 0.25) is 0 Å². The van der Waals surface area contributed by atoms with Gasteiger partial charge in [0, 0.05) is 0 Å². The van der Waals surface area contributed by atoms with Crippen molar-refractivity contribution in [3.63, 3.8) is 0 Å². The first-order chi connectivity index (χ1) is 8.44. The van der Waals surface area contributed by atoms with Crippen LogP contribution in [0, 0.1) is 13.8 Å². The fourth-order valence-electron chi connectivity index (χ4n) is 1.74. The van der Waals surface area contributed by atoms with Gasteiger partial charge in [-0.3, -0.25) is 4.72 Å². The zero-order valence-corrected chi connectivity index (χ0v) is 12.1. The fourth-order valence-corrected chi connectivity index (χ4v) is 2.99. The molecule has 0 amide bonds. The summed E-state index contributed by atoms with van der Waals surface area (Å²) in [6.07, 6.45) is 1.53. The summed E-state index contributed by atoms with van der Waals surface area (Å²) in [5.41, 5.74) is 2.76. The van der Waals surface area contributed by atoms with Crippen LogP contribution < -0.4 is 10.0 Å². The monoisotopic (exact) mass is 270 g/mol. The van der Waals surface area contributed by atoms with Gasteiger partial charge in [0.2, 0.25) is 10.0 Å².